The first kappa shape index (κ1) is 17.2. The summed E-state index contributed by atoms with van der Waals surface area (Å²) in [7, 11) is 0. The summed E-state index contributed by atoms with van der Waals surface area (Å²) in [6.07, 6.45) is 4.47. The van der Waals surface area contributed by atoms with E-state index in [0.717, 1.165) is 41.5 Å². The molecular formula is C21H27N5. The third-order valence-corrected chi connectivity index (χ3v) is 5.54. The van der Waals surface area contributed by atoms with Gasteiger partial charge >= 0.3 is 0 Å². The quantitative estimate of drug-likeness (QED) is 0.769. The zero-order chi connectivity index (χ0) is 18.3. The number of hydrogen-bond donors (Lipinski definition) is 1. The van der Waals surface area contributed by atoms with Gasteiger partial charge < -0.3 is 4.98 Å². The molecule has 1 saturated heterocycles. The maximum absolute atomic E-state index is 4.54. The predicted octanol–water partition coefficient (Wildman–Crippen LogP) is 4.22. The van der Waals surface area contributed by atoms with E-state index in [4.69, 9.17) is 0 Å². The fourth-order valence-electron chi connectivity index (χ4n) is 4.21. The first-order valence-electron chi connectivity index (χ1n) is 9.51. The molecule has 4 heterocycles. The highest BCUT2D eigenvalue weighted by Crippen LogP contribution is 2.32. The van der Waals surface area contributed by atoms with Crippen molar-refractivity contribution in [3.8, 4) is 0 Å². The van der Waals surface area contributed by atoms with E-state index < -0.39 is 0 Å². The maximum Gasteiger partial charge on any atom is 0.177 e. The number of nitrogens with zero attached hydrogens (tertiary/aromatic N) is 4. The monoisotopic (exact) mass is 349 g/mol. The number of rotatable bonds is 3. The number of likely N-dealkylation sites (tertiary alicyclic amines) is 1. The average molecular weight is 349 g/mol. The van der Waals surface area contributed by atoms with E-state index in [1.165, 1.54) is 24.0 Å². The van der Waals surface area contributed by atoms with Gasteiger partial charge in [-0.25, -0.2) is 9.97 Å². The Morgan fingerprint density at radius 2 is 1.88 bits per heavy atom. The molecule has 0 bridgehead atoms. The van der Waals surface area contributed by atoms with Crippen LogP contribution in [0.2, 0.25) is 0 Å². The Morgan fingerprint density at radius 1 is 1.12 bits per heavy atom. The summed E-state index contributed by atoms with van der Waals surface area (Å²) >= 11 is 0. The molecule has 0 amide bonds. The Bertz CT molecular complexity index is 909. The number of nitrogens with one attached hydrogen (secondary N) is 1. The zero-order valence-corrected chi connectivity index (χ0v) is 16.1. The van der Waals surface area contributed by atoms with Crippen LogP contribution in [0.4, 0.5) is 0 Å². The van der Waals surface area contributed by atoms with E-state index >= 15 is 0 Å². The van der Waals surface area contributed by atoms with Crippen LogP contribution in [-0.2, 0) is 0 Å². The highest BCUT2D eigenvalue weighted by atomic mass is 15.2. The van der Waals surface area contributed by atoms with Crippen molar-refractivity contribution in [1.29, 1.82) is 0 Å². The fraction of sp³-hybridized carbons (Fsp3) is 0.476. The van der Waals surface area contributed by atoms with Crippen molar-refractivity contribution in [2.45, 2.75) is 52.5 Å². The number of H-pyrrole nitrogens is 1. The molecule has 0 aromatic carbocycles. The molecule has 5 nitrogen and oxygen atoms in total. The summed E-state index contributed by atoms with van der Waals surface area (Å²) in [4.78, 5) is 19.4. The van der Waals surface area contributed by atoms with Crippen LogP contribution in [-0.4, -0.2) is 37.9 Å². The van der Waals surface area contributed by atoms with Crippen LogP contribution >= 0.6 is 0 Å². The number of hydrogen-bond acceptors (Lipinski definition) is 4. The molecule has 2 atom stereocenters. The molecule has 0 saturated carbocycles. The van der Waals surface area contributed by atoms with Crippen LogP contribution in [0.1, 0.15) is 60.1 Å². The van der Waals surface area contributed by atoms with Crippen LogP contribution < -0.4 is 0 Å². The van der Waals surface area contributed by atoms with Gasteiger partial charge in [-0.3, -0.25) is 9.88 Å². The number of aryl methyl sites for hydroxylation is 3. The molecule has 1 aliphatic rings. The molecule has 0 aliphatic carbocycles. The summed E-state index contributed by atoms with van der Waals surface area (Å²) < 4.78 is 0. The second-order valence-electron chi connectivity index (χ2n) is 7.66. The van der Waals surface area contributed by atoms with Gasteiger partial charge in [-0.2, -0.15) is 0 Å². The van der Waals surface area contributed by atoms with Crippen molar-refractivity contribution in [2.75, 3.05) is 13.1 Å². The Balaban J connectivity index is 1.56. The van der Waals surface area contributed by atoms with Crippen LogP contribution in [0.15, 0.2) is 24.4 Å². The minimum atomic E-state index is 0.349. The number of piperidine rings is 1. The topological polar surface area (TPSA) is 57.7 Å². The van der Waals surface area contributed by atoms with Gasteiger partial charge in [0.1, 0.15) is 5.82 Å². The van der Waals surface area contributed by atoms with Gasteiger partial charge in [0, 0.05) is 30.2 Å². The SMILES string of the molecule is Cc1cc(C2CCCN(C(C)c3cnc4nc(C)[nH]c4c3)C2)cc(C)n1. The van der Waals surface area contributed by atoms with E-state index in [0.29, 0.717) is 12.0 Å². The third-order valence-electron chi connectivity index (χ3n) is 5.54. The molecule has 0 radical (unpaired) electrons. The lowest BCUT2D eigenvalue weighted by Crippen LogP contribution is -2.36. The minimum Gasteiger partial charge on any atom is -0.341 e. The first-order chi connectivity index (χ1) is 12.5. The van der Waals surface area contributed by atoms with Gasteiger partial charge in [0.2, 0.25) is 0 Å². The van der Waals surface area contributed by atoms with Crippen LogP contribution in [0, 0.1) is 20.8 Å². The highest BCUT2D eigenvalue weighted by molar-refractivity contribution is 5.71. The number of aromatic nitrogens is 4. The van der Waals surface area contributed by atoms with Crippen LogP contribution in [0.25, 0.3) is 11.2 Å². The van der Waals surface area contributed by atoms with E-state index in [9.17, 15) is 0 Å². The molecule has 4 rings (SSSR count). The lowest BCUT2D eigenvalue weighted by atomic mass is 9.89. The van der Waals surface area contributed by atoms with E-state index in [-0.39, 0.29) is 0 Å². The number of aromatic amines is 1. The Hall–Kier alpha value is -2.27. The Kier molecular flexibility index (Phi) is 4.49. The second kappa shape index (κ2) is 6.80. The van der Waals surface area contributed by atoms with E-state index in [1.807, 2.05) is 13.1 Å². The molecule has 0 spiro atoms. The van der Waals surface area contributed by atoms with Gasteiger partial charge in [0.25, 0.3) is 0 Å². The maximum atomic E-state index is 4.54. The average Bonchev–Trinajstić information content (AvgIpc) is 2.99. The standard InChI is InChI=1S/C21H27N5/c1-13-8-18(9-14(2)23-13)17-6-5-7-26(12-17)15(3)19-10-20-21(22-11-19)25-16(4)24-20/h8-11,15,17H,5-7,12H2,1-4H3,(H,22,24,25). The highest BCUT2D eigenvalue weighted by Gasteiger charge is 2.26. The molecular weight excluding hydrogens is 322 g/mol. The lowest BCUT2D eigenvalue weighted by molar-refractivity contribution is 0.158. The van der Waals surface area contributed by atoms with Gasteiger partial charge in [-0.1, -0.05) is 0 Å². The van der Waals surface area contributed by atoms with Crippen molar-refractivity contribution in [1.82, 2.24) is 24.8 Å². The molecule has 26 heavy (non-hydrogen) atoms. The normalized spacial score (nSPS) is 19.8. The van der Waals surface area contributed by atoms with Crippen molar-refractivity contribution in [3.05, 3.63) is 52.7 Å². The third kappa shape index (κ3) is 3.36. The van der Waals surface area contributed by atoms with Crippen molar-refractivity contribution < 1.29 is 0 Å². The molecule has 136 valence electrons. The summed E-state index contributed by atoms with van der Waals surface area (Å²) in [6, 6.07) is 7.07. The lowest BCUT2D eigenvalue weighted by Gasteiger charge is -2.37. The summed E-state index contributed by atoms with van der Waals surface area (Å²) in [5, 5.41) is 0. The molecule has 2 unspecified atom stereocenters. The largest absolute Gasteiger partial charge is 0.341 e. The molecule has 3 aromatic heterocycles. The van der Waals surface area contributed by atoms with E-state index in [1.54, 1.807) is 0 Å². The Morgan fingerprint density at radius 3 is 2.65 bits per heavy atom. The fourth-order valence-corrected chi connectivity index (χ4v) is 4.21. The van der Waals surface area contributed by atoms with Gasteiger partial charge in [0.05, 0.1) is 5.52 Å². The number of imidazole rings is 1. The molecule has 1 N–H and O–H groups in total. The Labute approximate surface area is 154 Å². The van der Waals surface area contributed by atoms with Crippen molar-refractivity contribution >= 4 is 11.2 Å². The molecule has 5 heteroatoms. The summed E-state index contributed by atoms with van der Waals surface area (Å²) in [5.74, 6) is 1.50. The number of fused-ring (bicyclic) bond motifs is 1. The van der Waals surface area contributed by atoms with Crippen LogP contribution in [0.5, 0.6) is 0 Å². The summed E-state index contributed by atoms with van der Waals surface area (Å²) in [6.45, 7) is 10.7. The van der Waals surface area contributed by atoms with Crippen molar-refractivity contribution in [3.63, 3.8) is 0 Å². The van der Waals surface area contributed by atoms with Gasteiger partial charge in [-0.15, -0.1) is 0 Å². The predicted molar refractivity (Wildman–Crippen MR) is 104 cm³/mol. The second-order valence-corrected chi connectivity index (χ2v) is 7.66. The van der Waals surface area contributed by atoms with E-state index in [2.05, 4.69) is 63.8 Å². The molecule has 1 aliphatic heterocycles. The van der Waals surface area contributed by atoms with Crippen LogP contribution in [0.3, 0.4) is 0 Å². The summed E-state index contributed by atoms with van der Waals surface area (Å²) in [5.41, 5.74) is 6.76. The molecule has 1 fully saturated rings. The van der Waals surface area contributed by atoms with Crippen molar-refractivity contribution in [2.24, 2.45) is 0 Å². The van der Waals surface area contributed by atoms with Gasteiger partial charge in [0.15, 0.2) is 5.65 Å². The van der Waals surface area contributed by atoms with Gasteiger partial charge in [-0.05, 0) is 82.3 Å². The first-order valence-corrected chi connectivity index (χ1v) is 9.51. The number of pyridine rings is 2. The zero-order valence-electron chi connectivity index (χ0n) is 16.1. The minimum absolute atomic E-state index is 0.349. The molecule has 3 aromatic rings. The smallest absolute Gasteiger partial charge is 0.177 e.